The summed E-state index contributed by atoms with van der Waals surface area (Å²) in [6, 6.07) is 7.93. The van der Waals surface area contributed by atoms with E-state index < -0.39 is 17.9 Å². The van der Waals surface area contributed by atoms with E-state index in [1.807, 2.05) is 18.2 Å². The Morgan fingerprint density at radius 3 is 2.85 bits per heavy atom. The van der Waals surface area contributed by atoms with E-state index >= 15 is 0 Å². The molecule has 6 heteroatoms. The number of carboxylic acid groups (broad SMARTS) is 1. The molecule has 1 N–H and O–H groups in total. The van der Waals surface area contributed by atoms with E-state index in [9.17, 15) is 9.59 Å². The zero-order valence-corrected chi connectivity index (χ0v) is 10.6. The molecule has 2 aromatic rings. The second-order valence-corrected chi connectivity index (χ2v) is 4.58. The topological polar surface area (TPSA) is 80.0 Å². The van der Waals surface area contributed by atoms with Gasteiger partial charge in [0.05, 0.1) is 13.2 Å². The zero-order valence-electron chi connectivity index (χ0n) is 10.6. The molecule has 20 heavy (non-hydrogen) atoms. The minimum atomic E-state index is -1.07. The number of hydrogen-bond donors (Lipinski definition) is 1. The van der Waals surface area contributed by atoms with Crippen LogP contribution in [0.15, 0.2) is 34.7 Å². The molecule has 1 unspecified atom stereocenters. The maximum atomic E-state index is 12.4. The Hall–Kier alpha value is -2.34. The van der Waals surface area contributed by atoms with E-state index in [0.29, 0.717) is 12.2 Å². The number of hydrogen-bond acceptors (Lipinski definition) is 4. The molecular weight excluding hydrogens is 262 g/mol. The molecule has 1 fully saturated rings. The number of furan rings is 1. The molecule has 1 amide bonds. The second kappa shape index (κ2) is 4.97. The number of carbonyl (C=O) groups excluding carboxylic acids is 1. The summed E-state index contributed by atoms with van der Waals surface area (Å²) in [4.78, 5) is 24.8. The minimum Gasteiger partial charge on any atom is -0.480 e. The van der Waals surface area contributed by atoms with Crippen LogP contribution in [0.1, 0.15) is 10.6 Å². The molecular formula is C14H13NO5. The number of carbonyl (C=O) groups is 2. The number of amides is 1. The number of benzene rings is 1. The van der Waals surface area contributed by atoms with Crippen LogP contribution in [0.3, 0.4) is 0 Å². The van der Waals surface area contributed by atoms with Gasteiger partial charge in [-0.1, -0.05) is 18.2 Å². The predicted molar refractivity (Wildman–Crippen MR) is 69.5 cm³/mol. The molecule has 0 bridgehead atoms. The van der Waals surface area contributed by atoms with Crippen LogP contribution in [0, 0.1) is 0 Å². The molecule has 1 aliphatic heterocycles. The van der Waals surface area contributed by atoms with Gasteiger partial charge in [0, 0.05) is 11.9 Å². The fraction of sp³-hybridized carbons (Fsp3) is 0.286. The largest absolute Gasteiger partial charge is 0.480 e. The highest BCUT2D eigenvalue weighted by molar-refractivity contribution is 5.98. The summed E-state index contributed by atoms with van der Waals surface area (Å²) < 4.78 is 10.6. The van der Waals surface area contributed by atoms with Gasteiger partial charge in [0.25, 0.3) is 5.91 Å². The van der Waals surface area contributed by atoms with Crippen molar-refractivity contribution in [2.75, 3.05) is 19.8 Å². The Morgan fingerprint density at radius 2 is 2.10 bits per heavy atom. The number of nitrogens with zero attached hydrogens (tertiary/aromatic N) is 1. The number of morpholine rings is 1. The van der Waals surface area contributed by atoms with Crippen molar-refractivity contribution >= 4 is 22.8 Å². The fourth-order valence-corrected chi connectivity index (χ4v) is 2.28. The maximum Gasteiger partial charge on any atom is 0.328 e. The van der Waals surface area contributed by atoms with Crippen molar-refractivity contribution in [2.24, 2.45) is 0 Å². The third-order valence-corrected chi connectivity index (χ3v) is 3.31. The number of para-hydroxylation sites is 1. The maximum absolute atomic E-state index is 12.4. The van der Waals surface area contributed by atoms with Gasteiger partial charge >= 0.3 is 5.97 Å². The van der Waals surface area contributed by atoms with E-state index in [1.54, 1.807) is 12.1 Å². The van der Waals surface area contributed by atoms with Crippen LogP contribution < -0.4 is 0 Å². The summed E-state index contributed by atoms with van der Waals surface area (Å²) in [5, 5.41) is 9.96. The highest BCUT2D eigenvalue weighted by Gasteiger charge is 2.34. The molecule has 2 heterocycles. The second-order valence-electron chi connectivity index (χ2n) is 4.58. The van der Waals surface area contributed by atoms with Crippen LogP contribution in [0.5, 0.6) is 0 Å². The summed E-state index contributed by atoms with van der Waals surface area (Å²) in [6.07, 6.45) is 0. The first-order chi connectivity index (χ1) is 9.66. The molecule has 104 valence electrons. The van der Waals surface area contributed by atoms with Gasteiger partial charge in [-0.15, -0.1) is 0 Å². The predicted octanol–water partition coefficient (Wildman–Crippen LogP) is 1.36. The van der Waals surface area contributed by atoms with Crippen molar-refractivity contribution < 1.29 is 23.8 Å². The van der Waals surface area contributed by atoms with Gasteiger partial charge in [0.2, 0.25) is 0 Å². The summed E-state index contributed by atoms with van der Waals surface area (Å²) in [5.74, 6) is -1.34. The van der Waals surface area contributed by atoms with E-state index in [4.69, 9.17) is 14.3 Å². The van der Waals surface area contributed by atoms with Crippen LogP contribution >= 0.6 is 0 Å². The Labute approximate surface area is 114 Å². The van der Waals surface area contributed by atoms with Crippen molar-refractivity contribution in [3.05, 3.63) is 36.1 Å². The fourth-order valence-electron chi connectivity index (χ4n) is 2.28. The van der Waals surface area contributed by atoms with Gasteiger partial charge in [-0.2, -0.15) is 0 Å². The van der Waals surface area contributed by atoms with Gasteiger partial charge in [0.15, 0.2) is 11.8 Å². The van der Waals surface area contributed by atoms with Gasteiger partial charge in [0.1, 0.15) is 5.58 Å². The normalized spacial score (nSPS) is 19.2. The summed E-state index contributed by atoms with van der Waals surface area (Å²) in [6.45, 7) is 0.573. The molecule has 1 atom stereocenters. The summed E-state index contributed by atoms with van der Waals surface area (Å²) >= 11 is 0. The highest BCUT2D eigenvalue weighted by atomic mass is 16.5. The van der Waals surface area contributed by atoms with Gasteiger partial charge < -0.3 is 19.2 Å². The lowest BCUT2D eigenvalue weighted by atomic mass is 10.2. The van der Waals surface area contributed by atoms with Crippen LogP contribution in [0.25, 0.3) is 11.0 Å². The van der Waals surface area contributed by atoms with Crippen LogP contribution in [-0.4, -0.2) is 47.7 Å². The molecule has 1 aliphatic rings. The summed E-state index contributed by atoms with van der Waals surface area (Å²) in [7, 11) is 0. The van der Waals surface area contributed by atoms with Crippen molar-refractivity contribution in [1.29, 1.82) is 0 Å². The van der Waals surface area contributed by atoms with E-state index in [-0.39, 0.29) is 18.9 Å². The zero-order chi connectivity index (χ0) is 14.1. The Kier molecular flexibility index (Phi) is 3.15. The molecule has 0 radical (unpaired) electrons. The molecule has 0 saturated carbocycles. The number of ether oxygens (including phenoxy) is 1. The monoisotopic (exact) mass is 275 g/mol. The van der Waals surface area contributed by atoms with Crippen LogP contribution in [0.4, 0.5) is 0 Å². The van der Waals surface area contributed by atoms with Gasteiger partial charge in [-0.3, -0.25) is 4.79 Å². The molecule has 1 saturated heterocycles. The average Bonchev–Trinajstić information content (AvgIpc) is 2.90. The number of fused-ring (bicyclic) bond motifs is 1. The highest BCUT2D eigenvalue weighted by Crippen LogP contribution is 2.21. The van der Waals surface area contributed by atoms with Gasteiger partial charge in [-0.25, -0.2) is 4.79 Å². The first-order valence-corrected chi connectivity index (χ1v) is 6.27. The molecule has 0 aliphatic carbocycles. The molecule has 6 nitrogen and oxygen atoms in total. The van der Waals surface area contributed by atoms with Gasteiger partial charge in [-0.05, 0) is 12.1 Å². The third-order valence-electron chi connectivity index (χ3n) is 3.31. The Morgan fingerprint density at radius 1 is 1.30 bits per heavy atom. The van der Waals surface area contributed by atoms with Crippen LogP contribution in [-0.2, 0) is 9.53 Å². The van der Waals surface area contributed by atoms with E-state index in [1.165, 1.54) is 4.90 Å². The molecule has 0 spiro atoms. The molecule has 1 aromatic heterocycles. The van der Waals surface area contributed by atoms with Crippen molar-refractivity contribution in [3.63, 3.8) is 0 Å². The number of aliphatic carboxylic acids is 1. The average molecular weight is 275 g/mol. The summed E-state index contributed by atoms with van der Waals surface area (Å²) in [5.41, 5.74) is 0.607. The van der Waals surface area contributed by atoms with Crippen LogP contribution in [0.2, 0.25) is 0 Å². The lowest BCUT2D eigenvalue weighted by molar-refractivity contribution is -0.147. The quantitative estimate of drug-likeness (QED) is 0.895. The Bertz CT molecular complexity index is 629. The lowest BCUT2D eigenvalue weighted by Crippen LogP contribution is -2.52. The number of carboxylic acids is 1. The lowest BCUT2D eigenvalue weighted by Gasteiger charge is -2.32. The molecule has 3 rings (SSSR count). The molecule has 1 aromatic carbocycles. The van der Waals surface area contributed by atoms with E-state index in [0.717, 1.165) is 5.39 Å². The third kappa shape index (κ3) is 2.14. The first-order valence-electron chi connectivity index (χ1n) is 6.27. The van der Waals surface area contributed by atoms with Crippen molar-refractivity contribution in [2.45, 2.75) is 6.04 Å². The smallest absolute Gasteiger partial charge is 0.328 e. The van der Waals surface area contributed by atoms with Crippen molar-refractivity contribution in [3.8, 4) is 0 Å². The van der Waals surface area contributed by atoms with E-state index in [2.05, 4.69) is 0 Å². The number of rotatable bonds is 2. The first kappa shape index (κ1) is 12.7. The SMILES string of the molecule is O=C(O)C1COCCN1C(=O)c1cc2ccccc2o1. The Balaban J connectivity index is 1.92. The van der Waals surface area contributed by atoms with Crippen molar-refractivity contribution in [1.82, 2.24) is 4.90 Å². The standard InChI is InChI=1S/C14H13NO5/c16-13(15-5-6-19-8-10(15)14(17)18)12-7-9-3-1-2-4-11(9)20-12/h1-4,7,10H,5-6,8H2,(H,17,18). The minimum absolute atomic E-state index is 0.00129.